The summed E-state index contributed by atoms with van der Waals surface area (Å²) < 4.78 is 37.8. The van der Waals surface area contributed by atoms with E-state index < -0.39 is 11.7 Å². The molecular weight excluding hydrogens is 325 g/mol. The highest BCUT2D eigenvalue weighted by atomic mass is 19.4. The fourth-order valence-electron chi connectivity index (χ4n) is 2.44. The van der Waals surface area contributed by atoms with Crippen LogP contribution in [0.1, 0.15) is 11.1 Å². The van der Waals surface area contributed by atoms with Gasteiger partial charge in [-0.15, -0.1) is 0 Å². The number of hydrazine groups is 1. The Labute approximate surface area is 144 Å². The highest BCUT2D eigenvalue weighted by Crippen LogP contribution is 2.31. The number of nitrogens with one attached hydrogen (secondary N) is 2. The topological polar surface area (TPSA) is 24.1 Å². The average molecular weight is 342 g/mol. The van der Waals surface area contributed by atoms with Crippen LogP contribution in [0.5, 0.6) is 0 Å². The van der Waals surface area contributed by atoms with E-state index in [0.717, 1.165) is 34.5 Å². The SMILES string of the molecule is FC(F)(F)c1ccc(-c2ccc(CNNc3ccccc3)cc2)cc1. The van der Waals surface area contributed by atoms with Crippen LogP contribution >= 0.6 is 0 Å². The molecule has 0 bridgehead atoms. The van der Waals surface area contributed by atoms with Crippen molar-refractivity contribution in [2.24, 2.45) is 0 Å². The molecule has 25 heavy (non-hydrogen) atoms. The average Bonchev–Trinajstić information content (AvgIpc) is 2.63. The van der Waals surface area contributed by atoms with Crippen LogP contribution in [0.3, 0.4) is 0 Å². The maximum absolute atomic E-state index is 12.6. The summed E-state index contributed by atoms with van der Waals surface area (Å²) in [5.74, 6) is 0. The van der Waals surface area contributed by atoms with Crippen molar-refractivity contribution >= 4 is 5.69 Å². The number of hydrogen-bond acceptors (Lipinski definition) is 2. The number of benzene rings is 3. The minimum absolute atomic E-state index is 0.627. The van der Waals surface area contributed by atoms with Crippen LogP contribution in [-0.2, 0) is 12.7 Å². The Morgan fingerprint density at radius 3 is 1.80 bits per heavy atom. The third kappa shape index (κ3) is 4.61. The van der Waals surface area contributed by atoms with Gasteiger partial charge in [-0.1, -0.05) is 54.6 Å². The summed E-state index contributed by atoms with van der Waals surface area (Å²) in [5.41, 5.74) is 9.28. The molecule has 0 unspecified atom stereocenters. The van der Waals surface area contributed by atoms with Gasteiger partial charge in [-0.25, -0.2) is 5.43 Å². The van der Waals surface area contributed by atoms with Gasteiger partial charge in [-0.3, -0.25) is 0 Å². The van der Waals surface area contributed by atoms with Crippen molar-refractivity contribution < 1.29 is 13.2 Å². The van der Waals surface area contributed by atoms with Crippen molar-refractivity contribution in [3.8, 4) is 11.1 Å². The Morgan fingerprint density at radius 2 is 1.24 bits per heavy atom. The van der Waals surface area contributed by atoms with Crippen LogP contribution in [0.2, 0.25) is 0 Å². The monoisotopic (exact) mass is 342 g/mol. The summed E-state index contributed by atoms with van der Waals surface area (Å²) in [6.45, 7) is 0.627. The maximum Gasteiger partial charge on any atom is 0.416 e. The molecule has 3 aromatic rings. The van der Waals surface area contributed by atoms with Gasteiger partial charge < -0.3 is 5.43 Å². The maximum atomic E-state index is 12.6. The number of rotatable bonds is 5. The normalized spacial score (nSPS) is 11.3. The van der Waals surface area contributed by atoms with Crippen molar-refractivity contribution in [2.75, 3.05) is 5.43 Å². The van der Waals surface area contributed by atoms with E-state index in [2.05, 4.69) is 10.9 Å². The molecule has 0 amide bonds. The van der Waals surface area contributed by atoms with E-state index in [9.17, 15) is 13.2 Å². The molecule has 0 fully saturated rings. The molecule has 0 saturated heterocycles. The zero-order valence-electron chi connectivity index (χ0n) is 13.3. The second-order valence-electron chi connectivity index (χ2n) is 5.62. The van der Waals surface area contributed by atoms with Gasteiger partial charge in [0.05, 0.1) is 5.56 Å². The molecule has 0 aromatic heterocycles. The second-order valence-corrected chi connectivity index (χ2v) is 5.62. The van der Waals surface area contributed by atoms with Crippen molar-refractivity contribution in [3.05, 3.63) is 90.0 Å². The predicted molar refractivity (Wildman–Crippen MR) is 93.8 cm³/mol. The Hall–Kier alpha value is -2.79. The smallest absolute Gasteiger partial charge is 0.321 e. The lowest BCUT2D eigenvalue weighted by atomic mass is 10.0. The summed E-state index contributed by atoms with van der Waals surface area (Å²) in [6.07, 6.45) is -4.31. The Kier molecular flexibility index (Phi) is 5.05. The van der Waals surface area contributed by atoms with Crippen molar-refractivity contribution in [2.45, 2.75) is 12.7 Å². The third-order valence-electron chi connectivity index (χ3n) is 3.80. The molecule has 0 spiro atoms. The van der Waals surface area contributed by atoms with E-state index in [1.54, 1.807) is 0 Å². The van der Waals surface area contributed by atoms with Crippen LogP contribution < -0.4 is 10.9 Å². The van der Waals surface area contributed by atoms with Crippen LogP contribution in [0.25, 0.3) is 11.1 Å². The lowest BCUT2D eigenvalue weighted by Gasteiger charge is -2.10. The van der Waals surface area contributed by atoms with Crippen molar-refractivity contribution in [1.82, 2.24) is 5.43 Å². The van der Waals surface area contributed by atoms with Gasteiger partial charge in [0.25, 0.3) is 0 Å². The van der Waals surface area contributed by atoms with Gasteiger partial charge in [0.1, 0.15) is 0 Å². The molecule has 3 aromatic carbocycles. The van der Waals surface area contributed by atoms with Crippen LogP contribution in [0.15, 0.2) is 78.9 Å². The first kappa shape index (κ1) is 17.0. The molecule has 2 N–H and O–H groups in total. The molecule has 2 nitrogen and oxygen atoms in total. The van der Waals surface area contributed by atoms with Crippen LogP contribution in [-0.4, -0.2) is 0 Å². The van der Waals surface area contributed by atoms with Gasteiger partial charge in [0.15, 0.2) is 0 Å². The molecule has 0 radical (unpaired) electrons. The van der Waals surface area contributed by atoms with Gasteiger partial charge in [0, 0.05) is 12.2 Å². The molecular formula is C20H17F3N2. The molecule has 0 aliphatic rings. The standard InChI is InChI=1S/C20H17F3N2/c21-20(22,23)18-12-10-17(11-13-18)16-8-6-15(7-9-16)14-24-25-19-4-2-1-3-5-19/h1-13,24-25H,14H2. The van der Waals surface area contributed by atoms with E-state index in [1.165, 1.54) is 12.1 Å². The summed E-state index contributed by atoms with van der Waals surface area (Å²) in [6, 6.07) is 22.7. The fourth-order valence-corrected chi connectivity index (χ4v) is 2.44. The summed E-state index contributed by atoms with van der Waals surface area (Å²) in [4.78, 5) is 0. The summed E-state index contributed by atoms with van der Waals surface area (Å²) >= 11 is 0. The number of alkyl halides is 3. The highest BCUT2D eigenvalue weighted by molar-refractivity contribution is 5.64. The fraction of sp³-hybridized carbons (Fsp3) is 0.100. The number of para-hydroxylation sites is 1. The van der Waals surface area contributed by atoms with Crippen molar-refractivity contribution in [3.63, 3.8) is 0 Å². The Bertz CT molecular complexity index is 795. The molecule has 0 aliphatic carbocycles. The minimum Gasteiger partial charge on any atom is -0.321 e. The van der Waals surface area contributed by atoms with Crippen LogP contribution in [0, 0.1) is 0 Å². The third-order valence-corrected chi connectivity index (χ3v) is 3.80. The largest absolute Gasteiger partial charge is 0.416 e. The number of hydrogen-bond donors (Lipinski definition) is 2. The summed E-state index contributed by atoms with van der Waals surface area (Å²) in [5, 5.41) is 0. The predicted octanol–water partition coefficient (Wildman–Crippen LogP) is 5.49. The van der Waals surface area contributed by atoms with E-state index >= 15 is 0 Å². The molecule has 0 atom stereocenters. The highest BCUT2D eigenvalue weighted by Gasteiger charge is 2.29. The first-order valence-electron chi connectivity index (χ1n) is 7.83. The van der Waals surface area contributed by atoms with Gasteiger partial charge in [0.2, 0.25) is 0 Å². The van der Waals surface area contributed by atoms with E-state index in [-0.39, 0.29) is 0 Å². The van der Waals surface area contributed by atoms with Gasteiger partial charge >= 0.3 is 6.18 Å². The van der Waals surface area contributed by atoms with Gasteiger partial charge in [-0.05, 0) is 41.0 Å². The minimum atomic E-state index is -4.31. The van der Waals surface area contributed by atoms with E-state index in [0.29, 0.717) is 6.54 Å². The molecule has 128 valence electrons. The second kappa shape index (κ2) is 7.40. The van der Waals surface area contributed by atoms with E-state index in [1.807, 2.05) is 54.6 Å². The number of halogens is 3. The van der Waals surface area contributed by atoms with Crippen LogP contribution in [0.4, 0.5) is 18.9 Å². The number of anilines is 1. The molecule has 0 aliphatic heterocycles. The van der Waals surface area contributed by atoms with Gasteiger partial charge in [-0.2, -0.15) is 13.2 Å². The Balaban J connectivity index is 1.60. The quantitative estimate of drug-likeness (QED) is 0.599. The lowest BCUT2D eigenvalue weighted by Crippen LogP contribution is -2.20. The first-order valence-corrected chi connectivity index (χ1v) is 7.83. The van der Waals surface area contributed by atoms with E-state index in [4.69, 9.17) is 0 Å². The zero-order valence-corrected chi connectivity index (χ0v) is 13.3. The summed E-state index contributed by atoms with van der Waals surface area (Å²) in [7, 11) is 0. The van der Waals surface area contributed by atoms with Crippen molar-refractivity contribution in [1.29, 1.82) is 0 Å². The first-order chi connectivity index (χ1) is 12.0. The molecule has 0 heterocycles. The molecule has 3 rings (SSSR count). The lowest BCUT2D eigenvalue weighted by molar-refractivity contribution is -0.137. The molecule has 5 heteroatoms. The zero-order chi connectivity index (χ0) is 17.7. The molecule has 0 saturated carbocycles. The Morgan fingerprint density at radius 1 is 0.680 bits per heavy atom.